The van der Waals surface area contributed by atoms with E-state index in [1.54, 1.807) is 11.8 Å². The minimum atomic E-state index is 0.104. The second-order valence-electron chi connectivity index (χ2n) is 2.47. The average molecular weight is 182 g/mol. The molecular formula is C8H10N2OS. The van der Waals surface area contributed by atoms with Crippen molar-refractivity contribution < 1.29 is 4.79 Å². The lowest BCUT2D eigenvalue weighted by molar-refractivity contribution is -0.125. The van der Waals surface area contributed by atoms with E-state index < -0.39 is 0 Å². The van der Waals surface area contributed by atoms with Gasteiger partial charge in [0.05, 0.1) is 22.4 Å². The van der Waals surface area contributed by atoms with E-state index in [9.17, 15) is 4.79 Å². The predicted octanol–water partition coefficient (Wildman–Crippen LogP) is 1.34. The van der Waals surface area contributed by atoms with Gasteiger partial charge in [0.1, 0.15) is 0 Å². The molecule has 0 radical (unpaired) electrons. The summed E-state index contributed by atoms with van der Waals surface area (Å²) in [7, 11) is 0. The molecule has 1 heterocycles. The van der Waals surface area contributed by atoms with E-state index in [1.807, 2.05) is 6.92 Å². The van der Waals surface area contributed by atoms with E-state index in [0.717, 1.165) is 5.03 Å². The van der Waals surface area contributed by atoms with Crippen LogP contribution in [0.15, 0.2) is 10.6 Å². The van der Waals surface area contributed by atoms with Gasteiger partial charge in [0.25, 0.3) is 0 Å². The van der Waals surface area contributed by atoms with Crippen LogP contribution in [0.1, 0.15) is 13.8 Å². The molecule has 0 bridgehead atoms. The first-order chi connectivity index (χ1) is 5.70. The molecular weight excluding hydrogens is 172 g/mol. The number of allylic oxidation sites excluding steroid dienone is 1. The third-order valence-corrected chi connectivity index (χ3v) is 2.87. The summed E-state index contributed by atoms with van der Waals surface area (Å²) in [6.07, 6.45) is 0. The van der Waals surface area contributed by atoms with Gasteiger partial charge in [-0.15, -0.1) is 0 Å². The first-order valence-electron chi connectivity index (χ1n) is 3.74. The van der Waals surface area contributed by atoms with Crippen LogP contribution in [0.2, 0.25) is 0 Å². The Morgan fingerprint density at radius 1 is 1.83 bits per heavy atom. The van der Waals surface area contributed by atoms with Gasteiger partial charge in [-0.05, 0) is 13.8 Å². The van der Waals surface area contributed by atoms with Crippen LogP contribution in [0.4, 0.5) is 0 Å². The summed E-state index contributed by atoms with van der Waals surface area (Å²) in [4.78, 5) is 12.9. The highest BCUT2D eigenvalue weighted by Crippen LogP contribution is 2.30. The van der Waals surface area contributed by atoms with Crippen LogP contribution in [0, 0.1) is 11.3 Å². The van der Waals surface area contributed by atoms with Crippen molar-refractivity contribution >= 4 is 17.7 Å². The molecule has 0 atom stereocenters. The van der Waals surface area contributed by atoms with Gasteiger partial charge in [0.15, 0.2) is 0 Å². The molecule has 1 amide bonds. The van der Waals surface area contributed by atoms with E-state index in [-0.39, 0.29) is 5.91 Å². The van der Waals surface area contributed by atoms with Crippen molar-refractivity contribution in [3.8, 4) is 6.07 Å². The number of nitrogens with zero attached hydrogens (tertiary/aromatic N) is 2. The van der Waals surface area contributed by atoms with Gasteiger partial charge in [-0.25, -0.2) is 0 Å². The predicted molar refractivity (Wildman–Crippen MR) is 48.2 cm³/mol. The van der Waals surface area contributed by atoms with Crippen LogP contribution in [0.5, 0.6) is 0 Å². The van der Waals surface area contributed by atoms with Gasteiger partial charge in [0, 0.05) is 6.54 Å². The van der Waals surface area contributed by atoms with Gasteiger partial charge >= 0.3 is 0 Å². The summed E-state index contributed by atoms with van der Waals surface area (Å²) in [5.74, 6) is 0.578. The van der Waals surface area contributed by atoms with E-state index in [1.165, 1.54) is 11.8 Å². The minimum Gasteiger partial charge on any atom is -0.306 e. The fraction of sp³-hybridized carbons (Fsp3) is 0.500. The number of hydrogen-bond acceptors (Lipinski definition) is 3. The highest BCUT2D eigenvalue weighted by Gasteiger charge is 2.26. The first-order valence-corrected chi connectivity index (χ1v) is 4.73. The zero-order valence-corrected chi connectivity index (χ0v) is 7.94. The normalized spacial score (nSPS) is 21.1. The Morgan fingerprint density at radius 2 is 2.50 bits per heavy atom. The number of amides is 1. The molecule has 0 spiro atoms. The molecule has 0 aromatic rings. The molecule has 1 rings (SSSR count). The molecule has 0 aliphatic carbocycles. The van der Waals surface area contributed by atoms with Crippen LogP contribution < -0.4 is 0 Å². The minimum absolute atomic E-state index is 0.104. The summed E-state index contributed by atoms with van der Waals surface area (Å²) >= 11 is 1.45. The monoisotopic (exact) mass is 182 g/mol. The SMILES string of the molecule is CCN1C(=O)CSC1=C(C)C#N. The van der Waals surface area contributed by atoms with Gasteiger partial charge in [-0.3, -0.25) is 4.79 Å². The summed E-state index contributed by atoms with van der Waals surface area (Å²) in [6.45, 7) is 4.30. The molecule has 0 aromatic carbocycles. The Bertz CT molecular complexity index is 277. The Hall–Kier alpha value is -0.950. The summed E-state index contributed by atoms with van der Waals surface area (Å²) in [6, 6.07) is 2.06. The summed E-state index contributed by atoms with van der Waals surface area (Å²) < 4.78 is 0. The third-order valence-electron chi connectivity index (χ3n) is 1.68. The molecule has 1 saturated heterocycles. The van der Waals surface area contributed by atoms with Crippen LogP contribution in [0.3, 0.4) is 0 Å². The molecule has 4 heteroatoms. The number of carbonyl (C=O) groups excluding carboxylic acids is 1. The average Bonchev–Trinajstić information content (AvgIpc) is 2.45. The summed E-state index contributed by atoms with van der Waals surface area (Å²) in [5.41, 5.74) is 0.632. The highest BCUT2D eigenvalue weighted by atomic mass is 32.2. The first kappa shape index (κ1) is 9.14. The summed E-state index contributed by atoms with van der Waals surface area (Å²) in [5, 5.41) is 9.46. The van der Waals surface area contributed by atoms with E-state index in [0.29, 0.717) is 17.9 Å². The van der Waals surface area contributed by atoms with Crippen LogP contribution in [0.25, 0.3) is 0 Å². The van der Waals surface area contributed by atoms with Crippen LogP contribution in [-0.4, -0.2) is 23.1 Å². The Labute approximate surface area is 76.0 Å². The fourth-order valence-corrected chi connectivity index (χ4v) is 2.14. The Balaban J connectivity index is 2.96. The number of carbonyl (C=O) groups is 1. The molecule has 12 heavy (non-hydrogen) atoms. The van der Waals surface area contributed by atoms with Crippen LogP contribution in [-0.2, 0) is 4.79 Å². The number of nitriles is 1. The smallest absolute Gasteiger partial charge is 0.237 e. The molecule has 0 N–H and O–H groups in total. The van der Waals surface area contributed by atoms with Crippen molar-refractivity contribution in [2.75, 3.05) is 12.3 Å². The lowest BCUT2D eigenvalue weighted by Gasteiger charge is -2.14. The van der Waals surface area contributed by atoms with Crippen molar-refractivity contribution in [1.82, 2.24) is 4.90 Å². The lowest BCUT2D eigenvalue weighted by atomic mass is 10.3. The maximum atomic E-state index is 11.2. The molecule has 0 saturated carbocycles. The van der Waals surface area contributed by atoms with Crippen LogP contribution >= 0.6 is 11.8 Å². The number of thioether (sulfide) groups is 1. The molecule has 0 aromatic heterocycles. The molecule has 1 fully saturated rings. The second-order valence-corrected chi connectivity index (χ2v) is 3.43. The van der Waals surface area contributed by atoms with E-state index >= 15 is 0 Å². The van der Waals surface area contributed by atoms with Gasteiger partial charge in [-0.1, -0.05) is 11.8 Å². The molecule has 3 nitrogen and oxygen atoms in total. The zero-order chi connectivity index (χ0) is 9.14. The standard InChI is InChI=1S/C8H10N2OS/c1-3-10-7(11)5-12-8(10)6(2)4-9/h3,5H2,1-2H3. The van der Waals surface area contributed by atoms with E-state index in [4.69, 9.17) is 5.26 Å². The van der Waals surface area contributed by atoms with E-state index in [2.05, 4.69) is 6.07 Å². The lowest BCUT2D eigenvalue weighted by Crippen LogP contribution is -2.24. The fourth-order valence-electron chi connectivity index (χ4n) is 1.08. The van der Waals surface area contributed by atoms with Crippen molar-refractivity contribution in [2.45, 2.75) is 13.8 Å². The van der Waals surface area contributed by atoms with Gasteiger partial charge in [0.2, 0.25) is 5.91 Å². The largest absolute Gasteiger partial charge is 0.306 e. The Morgan fingerprint density at radius 3 is 3.00 bits per heavy atom. The molecule has 1 aliphatic rings. The van der Waals surface area contributed by atoms with Crippen molar-refractivity contribution in [2.24, 2.45) is 0 Å². The van der Waals surface area contributed by atoms with Crippen molar-refractivity contribution in [3.63, 3.8) is 0 Å². The zero-order valence-electron chi connectivity index (χ0n) is 7.13. The van der Waals surface area contributed by atoms with Gasteiger partial charge < -0.3 is 4.90 Å². The number of hydrogen-bond donors (Lipinski definition) is 0. The second kappa shape index (κ2) is 3.63. The molecule has 0 unspecified atom stereocenters. The van der Waals surface area contributed by atoms with Crippen molar-refractivity contribution in [3.05, 3.63) is 10.6 Å². The van der Waals surface area contributed by atoms with Crippen molar-refractivity contribution in [1.29, 1.82) is 5.26 Å². The van der Waals surface area contributed by atoms with Gasteiger partial charge in [-0.2, -0.15) is 5.26 Å². The number of rotatable bonds is 1. The molecule has 64 valence electrons. The Kier molecular flexibility index (Phi) is 2.77. The molecule has 1 aliphatic heterocycles. The maximum absolute atomic E-state index is 11.2. The topological polar surface area (TPSA) is 44.1 Å². The maximum Gasteiger partial charge on any atom is 0.237 e. The quantitative estimate of drug-likeness (QED) is 0.575. The highest BCUT2D eigenvalue weighted by molar-refractivity contribution is 8.04. The third kappa shape index (κ3) is 1.46.